The summed E-state index contributed by atoms with van der Waals surface area (Å²) in [5.41, 5.74) is 1.97. The predicted molar refractivity (Wildman–Crippen MR) is 81.9 cm³/mol. The maximum Gasteiger partial charge on any atom is 0.0207 e. The van der Waals surface area contributed by atoms with Gasteiger partial charge in [0, 0.05) is 10.5 Å². The van der Waals surface area contributed by atoms with E-state index in [0.29, 0.717) is 5.41 Å². The Balaban J connectivity index is 1.72. The van der Waals surface area contributed by atoms with Crippen molar-refractivity contribution in [2.45, 2.75) is 52.0 Å². The number of halogens is 1. The first kappa shape index (κ1) is 14.1. The molecule has 0 unspecified atom stereocenters. The first-order chi connectivity index (χ1) is 8.57. The molecular formula is C16H24BrN. The van der Waals surface area contributed by atoms with Gasteiger partial charge in [-0.1, -0.05) is 48.0 Å². The van der Waals surface area contributed by atoms with Gasteiger partial charge >= 0.3 is 0 Å². The van der Waals surface area contributed by atoms with Crippen LogP contribution < -0.4 is 5.32 Å². The highest BCUT2D eigenvalue weighted by atomic mass is 79.9. The van der Waals surface area contributed by atoms with Crippen LogP contribution in [0.1, 0.15) is 45.1 Å². The summed E-state index contributed by atoms with van der Waals surface area (Å²) in [6.07, 6.45) is 6.51. The van der Waals surface area contributed by atoms with Crippen molar-refractivity contribution >= 4 is 15.9 Å². The molecule has 2 heteroatoms. The van der Waals surface area contributed by atoms with E-state index in [1.54, 1.807) is 0 Å². The molecule has 0 aromatic heterocycles. The number of hydrogen-bond acceptors (Lipinski definition) is 1. The van der Waals surface area contributed by atoms with Gasteiger partial charge in [-0.25, -0.2) is 0 Å². The lowest BCUT2D eigenvalue weighted by atomic mass is 9.75. The van der Waals surface area contributed by atoms with Crippen LogP contribution in [0, 0.1) is 5.41 Å². The standard InChI is InChI=1S/C16H24BrN/c1-16(2)10-7-14(8-11-16)18-12-9-13-5-3-4-6-15(13)17/h3-6,14,18H,7-12H2,1-2H3. The van der Waals surface area contributed by atoms with Crippen molar-refractivity contribution in [2.75, 3.05) is 6.54 Å². The highest BCUT2D eigenvalue weighted by Crippen LogP contribution is 2.34. The van der Waals surface area contributed by atoms with E-state index in [1.165, 1.54) is 35.7 Å². The Hall–Kier alpha value is -0.340. The third kappa shape index (κ3) is 4.10. The quantitative estimate of drug-likeness (QED) is 0.860. The fraction of sp³-hybridized carbons (Fsp3) is 0.625. The molecule has 1 nitrogen and oxygen atoms in total. The Bertz CT molecular complexity index is 376. The van der Waals surface area contributed by atoms with Gasteiger partial charge in [-0.3, -0.25) is 0 Å². The lowest BCUT2D eigenvalue weighted by Gasteiger charge is -2.34. The van der Waals surface area contributed by atoms with Crippen LogP contribution in [0.25, 0.3) is 0 Å². The molecule has 0 atom stereocenters. The molecule has 0 spiro atoms. The van der Waals surface area contributed by atoms with E-state index in [-0.39, 0.29) is 0 Å². The average molecular weight is 310 g/mol. The third-order valence-corrected chi connectivity index (χ3v) is 4.90. The number of nitrogens with one attached hydrogen (secondary N) is 1. The van der Waals surface area contributed by atoms with Crippen molar-refractivity contribution in [1.29, 1.82) is 0 Å². The molecule has 18 heavy (non-hydrogen) atoms. The van der Waals surface area contributed by atoms with Crippen molar-refractivity contribution < 1.29 is 0 Å². The van der Waals surface area contributed by atoms with Crippen LogP contribution in [0.3, 0.4) is 0 Å². The molecule has 1 aromatic rings. The predicted octanol–water partition coefficient (Wildman–Crippen LogP) is 4.55. The van der Waals surface area contributed by atoms with Gasteiger partial charge in [0.05, 0.1) is 0 Å². The molecule has 1 N–H and O–H groups in total. The Kier molecular flexibility index (Phi) is 4.85. The van der Waals surface area contributed by atoms with E-state index >= 15 is 0 Å². The second kappa shape index (κ2) is 6.21. The van der Waals surface area contributed by atoms with E-state index < -0.39 is 0 Å². The van der Waals surface area contributed by atoms with Crippen LogP contribution in [0.2, 0.25) is 0 Å². The second-order valence-corrected chi connectivity index (χ2v) is 7.09. The first-order valence-electron chi connectivity index (χ1n) is 7.04. The molecular weight excluding hydrogens is 286 g/mol. The van der Waals surface area contributed by atoms with Gasteiger partial charge in [-0.05, 0) is 55.7 Å². The largest absolute Gasteiger partial charge is 0.314 e. The SMILES string of the molecule is CC1(C)CCC(NCCc2ccccc2Br)CC1. The lowest BCUT2D eigenvalue weighted by molar-refractivity contribution is 0.207. The maximum atomic E-state index is 3.71. The molecule has 1 aliphatic rings. The Morgan fingerprint density at radius 3 is 2.56 bits per heavy atom. The summed E-state index contributed by atoms with van der Waals surface area (Å²) < 4.78 is 1.23. The fourth-order valence-corrected chi connectivity index (χ4v) is 3.20. The minimum atomic E-state index is 0.570. The summed E-state index contributed by atoms with van der Waals surface area (Å²) in [7, 11) is 0. The average Bonchev–Trinajstić information content (AvgIpc) is 2.34. The number of hydrogen-bond donors (Lipinski definition) is 1. The zero-order chi connectivity index (χ0) is 13.0. The van der Waals surface area contributed by atoms with Gasteiger partial charge in [0.1, 0.15) is 0 Å². The van der Waals surface area contributed by atoms with Gasteiger partial charge in [0.2, 0.25) is 0 Å². The Labute approximate surface area is 119 Å². The molecule has 1 saturated carbocycles. The van der Waals surface area contributed by atoms with Crippen molar-refractivity contribution in [3.05, 3.63) is 34.3 Å². The van der Waals surface area contributed by atoms with Gasteiger partial charge in [0.25, 0.3) is 0 Å². The topological polar surface area (TPSA) is 12.0 Å². The van der Waals surface area contributed by atoms with E-state index in [9.17, 15) is 0 Å². The third-order valence-electron chi connectivity index (χ3n) is 4.12. The molecule has 1 aliphatic carbocycles. The summed E-state index contributed by atoms with van der Waals surface area (Å²) in [5.74, 6) is 0. The second-order valence-electron chi connectivity index (χ2n) is 6.23. The smallest absolute Gasteiger partial charge is 0.0207 e. The molecule has 1 fully saturated rings. The molecule has 0 heterocycles. The summed E-state index contributed by atoms with van der Waals surface area (Å²) in [6.45, 7) is 5.88. The van der Waals surface area contributed by atoms with Crippen molar-refractivity contribution in [1.82, 2.24) is 5.32 Å². The molecule has 2 rings (SSSR count). The van der Waals surface area contributed by atoms with Crippen molar-refractivity contribution in [3.8, 4) is 0 Å². The Morgan fingerprint density at radius 2 is 1.89 bits per heavy atom. The normalized spacial score (nSPS) is 19.9. The molecule has 0 radical (unpaired) electrons. The van der Waals surface area contributed by atoms with Crippen LogP contribution >= 0.6 is 15.9 Å². The zero-order valence-corrected chi connectivity index (χ0v) is 13.1. The van der Waals surface area contributed by atoms with E-state index in [1.807, 2.05) is 0 Å². The van der Waals surface area contributed by atoms with Gasteiger partial charge in [-0.15, -0.1) is 0 Å². The van der Waals surface area contributed by atoms with Crippen LogP contribution in [-0.4, -0.2) is 12.6 Å². The summed E-state index contributed by atoms with van der Waals surface area (Å²) in [6, 6.07) is 9.25. The van der Waals surface area contributed by atoms with Crippen molar-refractivity contribution in [3.63, 3.8) is 0 Å². The van der Waals surface area contributed by atoms with Crippen molar-refractivity contribution in [2.24, 2.45) is 5.41 Å². The highest BCUT2D eigenvalue weighted by molar-refractivity contribution is 9.10. The monoisotopic (exact) mass is 309 g/mol. The number of rotatable bonds is 4. The molecule has 0 bridgehead atoms. The van der Waals surface area contributed by atoms with Crippen LogP contribution in [0.15, 0.2) is 28.7 Å². The lowest BCUT2D eigenvalue weighted by Crippen LogP contribution is -2.36. The molecule has 1 aromatic carbocycles. The van der Waals surface area contributed by atoms with Gasteiger partial charge < -0.3 is 5.32 Å². The first-order valence-corrected chi connectivity index (χ1v) is 7.83. The van der Waals surface area contributed by atoms with Crippen LogP contribution in [0.5, 0.6) is 0 Å². The number of benzene rings is 1. The van der Waals surface area contributed by atoms with Crippen LogP contribution in [-0.2, 0) is 6.42 Å². The molecule has 0 amide bonds. The zero-order valence-electron chi connectivity index (χ0n) is 11.5. The van der Waals surface area contributed by atoms with E-state index in [4.69, 9.17) is 0 Å². The molecule has 0 saturated heterocycles. The maximum absolute atomic E-state index is 3.71. The highest BCUT2D eigenvalue weighted by Gasteiger charge is 2.26. The minimum absolute atomic E-state index is 0.570. The van der Waals surface area contributed by atoms with Gasteiger partial charge in [-0.2, -0.15) is 0 Å². The van der Waals surface area contributed by atoms with E-state index in [2.05, 4.69) is 59.4 Å². The summed E-state index contributed by atoms with van der Waals surface area (Å²) in [4.78, 5) is 0. The minimum Gasteiger partial charge on any atom is -0.314 e. The van der Waals surface area contributed by atoms with E-state index in [0.717, 1.165) is 19.0 Å². The molecule has 100 valence electrons. The Morgan fingerprint density at radius 1 is 1.22 bits per heavy atom. The molecule has 0 aliphatic heterocycles. The summed E-state index contributed by atoms with van der Waals surface area (Å²) in [5, 5.41) is 3.71. The fourth-order valence-electron chi connectivity index (χ4n) is 2.72. The summed E-state index contributed by atoms with van der Waals surface area (Å²) >= 11 is 3.61. The van der Waals surface area contributed by atoms with Gasteiger partial charge in [0.15, 0.2) is 0 Å². The van der Waals surface area contributed by atoms with Crippen LogP contribution in [0.4, 0.5) is 0 Å².